The van der Waals surface area contributed by atoms with E-state index in [1.165, 1.54) is 0 Å². The highest BCUT2D eigenvalue weighted by molar-refractivity contribution is 5.87. The summed E-state index contributed by atoms with van der Waals surface area (Å²) in [5.74, 6) is 0.468. The van der Waals surface area contributed by atoms with Gasteiger partial charge in [0, 0.05) is 56.9 Å². The number of carboxylic acid groups (broad SMARTS) is 2. The molecule has 17 heteroatoms. The Morgan fingerprint density at radius 1 is 0.689 bits per heavy atom. The van der Waals surface area contributed by atoms with Crippen LogP contribution >= 0.6 is 0 Å². The predicted molar refractivity (Wildman–Crippen MR) is 224 cm³/mol. The molecule has 4 saturated heterocycles. The molecule has 0 bridgehead atoms. The summed E-state index contributed by atoms with van der Waals surface area (Å²) >= 11 is 0. The number of rotatable bonds is 13. The molecule has 0 aliphatic carbocycles. The molecule has 3 aromatic carbocycles. The van der Waals surface area contributed by atoms with Crippen LogP contribution in [0.15, 0.2) is 66.7 Å². The molecule has 0 radical (unpaired) electrons. The Balaban J connectivity index is 0.923. The van der Waals surface area contributed by atoms with Crippen molar-refractivity contribution in [2.75, 3.05) is 44.4 Å². The molecule has 2 aromatic heterocycles. The van der Waals surface area contributed by atoms with Gasteiger partial charge in [-0.3, -0.25) is 9.59 Å². The standard InChI is InChI=1S/C44H51N9O8/c54-41(37(49-43(56)57)28-14-18-60-24-28)52-16-4-8-35(52)39-45-31-12-10-26(20-33(31)47-39)22-51(30-6-2-1-3-7-30)23-27-11-13-32-34(21-27)48-40(46-32)36-9-5-17-53(36)42(55)38(50-44(58)59)29-15-19-61-25-29/h1-3,6-7,10-13,20-21,28-29,35-38,49-50H,4-5,8-9,14-19,22-25H2,(H,45,47)(H,46,48)(H,56,57)(H,58,59)/t28-,29-,35-,36-,37-,38-/m0/s1. The molecule has 0 spiro atoms. The van der Waals surface area contributed by atoms with Gasteiger partial charge in [0.2, 0.25) is 11.8 Å². The molecule has 4 fully saturated rings. The minimum absolute atomic E-state index is 0.212. The smallest absolute Gasteiger partial charge is 0.405 e. The molecule has 4 aliphatic rings. The number of aromatic nitrogens is 4. The number of nitrogens with zero attached hydrogens (tertiary/aromatic N) is 5. The van der Waals surface area contributed by atoms with Gasteiger partial charge in [-0.1, -0.05) is 30.3 Å². The van der Waals surface area contributed by atoms with Crippen molar-refractivity contribution < 1.29 is 38.9 Å². The van der Waals surface area contributed by atoms with E-state index in [2.05, 4.69) is 61.9 Å². The summed E-state index contributed by atoms with van der Waals surface area (Å²) in [4.78, 5) is 73.7. The molecule has 4 amide bonds. The molecule has 61 heavy (non-hydrogen) atoms. The van der Waals surface area contributed by atoms with E-state index < -0.39 is 24.3 Å². The first kappa shape index (κ1) is 40.2. The third kappa shape index (κ3) is 8.57. The highest BCUT2D eigenvalue weighted by Gasteiger charge is 2.42. The van der Waals surface area contributed by atoms with E-state index in [4.69, 9.17) is 19.4 Å². The summed E-state index contributed by atoms with van der Waals surface area (Å²) in [7, 11) is 0. The van der Waals surface area contributed by atoms with Gasteiger partial charge in [0.05, 0.1) is 47.4 Å². The second-order valence-electron chi connectivity index (χ2n) is 16.6. The summed E-state index contributed by atoms with van der Waals surface area (Å²) in [6, 6.07) is 20.2. The van der Waals surface area contributed by atoms with Crippen LogP contribution in [0.2, 0.25) is 0 Å². The summed E-state index contributed by atoms with van der Waals surface area (Å²) < 4.78 is 11.0. The molecule has 17 nitrogen and oxygen atoms in total. The van der Waals surface area contributed by atoms with Crippen LogP contribution in [-0.4, -0.2) is 116 Å². The average Bonchev–Trinajstić information content (AvgIpc) is 4.11. The van der Waals surface area contributed by atoms with Gasteiger partial charge in [-0.25, -0.2) is 19.6 Å². The fraction of sp³-hybridized carbons (Fsp3) is 0.455. The van der Waals surface area contributed by atoms with Crippen LogP contribution in [0.3, 0.4) is 0 Å². The minimum Gasteiger partial charge on any atom is -0.465 e. The van der Waals surface area contributed by atoms with Crippen molar-refractivity contribution >= 4 is 51.8 Å². The number of carbonyl (C=O) groups excluding carboxylic acids is 2. The van der Waals surface area contributed by atoms with E-state index in [1.807, 2.05) is 30.3 Å². The summed E-state index contributed by atoms with van der Waals surface area (Å²) in [5.41, 5.74) is 6.47. The molecule has 9 rings (SSSR count). The van der Waals surface area contributed by atoms with E-state index in [-0.39, 0.29) is 35.7 Å². The van der Waals surface area contributed by atoms with Crippen molar-refractivity contribution in [2.24, 2.45) is 11.8 Å². The second-order valence-corrected chi connectivity index (χ2v) is 16.6. The number of fused-ring (bicyclic) bond motifs is 2. The monoisotopic (exact) mass is 833 g/mol. The van der Waals surface area contributed by atoms with E-state index in [0.29, 0.717) is 77.1 Å². The van der Waals surface area contributed by atoms with Crippen molar-refractivity contribution in [3.05, 3.63) is 89.5 Å². The van der Waals surface area contributed by atoms with Crippen molar-refractivity contribution in [1.29, 1.82) is 0 Å². The zero-order valence-electron chi connectivity index (χ0n) is 33.8. The molecule has 0 unspecified atom stereocenters. The van der Waals surface area contributed by atoms with Crippen LogP contribution < -0.4 is 15.5 Å². The van der Waals surface area contributed by atoms with E-state index >= 15 is 0 Å². The van der Waals surface area contributed by atoms with Gasteiger partial charge >= 0.3 is 12.2 Å². The second kappa shape index (κ2) is 17.4. The molecule has 320 valence electrons. The summed E-state index contributed by atoms with van der Waals surface area (Å²) in [6.45, 7) is 3.94. The number of aromatic amines is 2. The number of imidazole rings is 2. The average molecular weight is 834 g/mol. The fourth-order valence-electron chi connectivity index (χ4n) is 9.63. The van der Waals surface area contributed by atoms with Gasteiger partial charge in [-0.2, -0.15) is 0 Å². The number of nitrogens with one attached hydrogen (secondary N) is 4. The van der Waals surface area contributed by atoms with E-state index in [1.54, 1.807) is 9.80 Å². The molecule has 6 heterocycles. The molecular weight excluding hydrogens is 783 g/mol. The van der Waals surface area contributed by atoms with E-state index in [0.717, 1.165) is 64.6 Å². The molecule has 5 aromatic rings. The largest absolute Gasteiger partial charge is 0.465 e. The van der Waals surface area contributed by atoms with Gasteiger partial charge in [-0.15, -0.1) is 0 Å². The number of carbonyl (C=O) groups is 4. The molecule has 6 atom stereocenters. The maximum Gasteiger partial charge on any atom is 0.405 e. The van der Waals surface area contributed by atoms with Gasteiger partial charge in [0.15, 0.2) is 0 Å². The van der Waals surface area contributed by atoms with Crippen LogP contribution in [0.4, 0.5) is 15.3 Å². The highest BCUT2D eigenvalue weighted by Crippen LogP contribution is 2.36. The van der Waals surface area contributed by atoms with Crippen LogP contribution in [0.5, 0.6) is 0 Å². The van der Waals surface area contributed by atoms with Gasteiger partial charge < -0.3 is 55.0 Å². The number of anilines is 1. The number of likely N-dealkylation sites (tertiary alicyclic amines) is 2. The van der Waals surface area contributed by atoms with Crippen molar-refractivity contribution in [2.45, 2.75) is 75.8 Å². The lowest BCUT2D eigenvalue weighted by molar-refractivity contribution is -0.136. The number of ether oxygens (including phenoxy) is 2. The van der Waals surface area contributed by atoms with Crippen LogP contribution in [0.1, 0.15) is 73.4 Å². The number of para-hydroxylation sites is 1. The third-order valence-electron chi connectivity index (χ3n) is 12.7. The first-order chi connectivity index (χ1) is 29.7. The Hall–Kier alpha value is -6.20. The molecule has 0 saturated carbocycles. The third-order valence-corrected chi connectivity index (χ3v) is 12.7. The lowest BCUT2D eigenvalue weighted by Crippen LogP contribution is -2.52. The maximum atomic E-state index is 13.8. The van der Waals surface area contributed by atoms with Crippen molar-refractivity contribution in [1.82, 2.24) is 40.4 Å². The number of hydrogen-bond acceptors (Lipinski definition) is 9. The zero-order valence-corrected chi connectivity index (χ0v) is 33.8. The summed E-state index contributed by atoms with van der Waals surface area (Å²) in [6.07, 6.45) is 1.83. The Labute approximate surface area is 351 Å². The number of benzene rings is 3. The number of H-pyrrole nitrogens is 2. The molecule has 4 aliphatic heterocycles. The Morgan fingerprint density at radius 3 is 1.59 bits per heavy atom. The van der Waals surface area contributed by atoms with Crippen LogP contribution in [0, 0.1) is 11.8 Å². The van der Waals surface area contributed by atoms with Gasteiger partial charge in [0.25, 0.3) is 0 Å². The Bertz CT molecular complexity index is 2250. The topological polar surface area (TPSA) is 218 Å². The van der Waals surface area contributed by atoms with Crippen molar-refractivity contribution in [3.8, 4) is 0 Å². The van der Waals surface area contributed by atoms with Gasteiger partial charge in [0.1, 0.15) is 23.7 Å². The lowest BCUT2D eigenvalue weighted by atomic mass is 9.97. The SMILES string of the molecule is O=C(O)N[C@H](C(=O)N1CCC[C@H]1c1nc2ccc(CN(Cc3ccc4nc([C@@H]5CCCN5C(=O)[C@@H](NC(=O)O)[C@H]5CCOC5)[nH]c4c3)c3ccccc3)cc2[nH]1)[C@H]1CCOC1. The predicted octanol–water partition coefficient (Wildman–Crippen LogP) is 5.32. The Kier molecular flexibility index (Phi) is 11.5. The first-order valence-electron chi connectivity index (χ1n) is 21.2. The van der Waals surface area contributed by atoms with E-state index in [9.17, 15) is 29.4 Å². The number of hydrogen-bond donors (Lipinski definition) is 6. The van der Waals surface area contributed by atoms with Crippen LogP contribution in [-0.2, 0) is 32.2 Å². The van der Waals surface area contributed by atoms with Gasteiger partial charge in [-0.05, 0) is 86.1 Å². The maximum absolute atomic E-state index is 13.8. The first-order valence-corrected chi connectivity index (χ1v) is 21.2. The summed E-state index contributed by atoms with van der Waals surface area (Å²) in [5, 5.41) is 24.0. The lowest BCUT2D eigenvalue weighted by Gasteiger charge is -2.30. The minimum atomic E-state index is -1.22. The van der Waals surface area contributed by atoms with Crippen LogP contribution in [0.25, 0.3) is 22.1 Å². The van der Waals surface area contributed by atoms with Crippen molar-refractivity contribution in [3.63, 3.8) is 0 Å². The molecular formula is C44H51N9O8. The fourth-order valence-corrected chi connectivity index (χ4v) is 9.63. The Morgan fingerprint density at radius 2 is 1.16 bits per heavy atom. The molecule has 6 N–H and O–H groups in total. The highest BCUT2D eigenvalue weighted by atomic mass is 16.5. The number of amides is 4. The zero-order chi connectivity index (χ0) is 42.0. The normalized spacial score (nSPS) is 22.5. The quantitative estimate of drug-likeness (QED) is 0.0892.